The van der Waals surface area contributed by atoms with Crippen molar-refractivity contribution in [3.05, 3.63) is 82.1 Å². The van der Waals surface area contributed by atoms with Crippen molar-refractivity contribution in [1.82, 2.24) is 28.6 Å². The zero-order valence-corrected chi connectivity index (χ0v) is 22.2. The first-order chi connectivity index (χ1) is 18.7. The van der Waals surface area contributed by atoms with E-state index in [9.17, 15) is 18.0 Å². The van der Waals surface area contributed by atoms with Gasteiger partial charge in [0.2, 0.25) is 0 Å². The second kappa shape index (κ2) is 9.97. The summed E-state index contributed by atoms with van der Waals surface area (Å²) in [6.07, 6.45) is 6.47. The van der Waals surface area contributed by atoms with Crippen LogP contribution in [0.4, 0.5) is 13.2 Å². The number of imidazole rings is 1. The first kappa shape index (κ1) is 25.9. The van der Waals surface area contributed by atoms with Crippen LogP contribution in [0.15, 0.2) is 53.8 Å². The highest BCUT2D eigenvalue weighted by Crippen LogP contribution is 2.43. The Kier molecular flexibility index (Phi) is 6.61. The molecule has 1 aliphatic carbocycles. The van der Waals surface area contributed by atoms with Crippen molar-refractivity contribution >= 4 is 5.52 Å². The van der Waals surface area contributed by atoms with E-state index in [1.165, 1.54) is 16.8 Å². The van der Waals surface area contributed by atoms with Crippen molar-refractivity contribution in [2.24, 2.45) is 13.0 Å². The molecule has 206 valence electrons. The van der Waals surface area contributed by atoms with Crippen LogP contribution < -0.4 is 5.69 Å². The van der Waals surface area contributed by atoms with E-state index < -0.39 is 17.4 Å². The molecule has 39 heavy (non-hydrogen) atoms. The quantitative estimate of drug-likeness (QED) is 0.323. The summed E-state index contributed by atoms with van der Waals surface area (Å²) in [6, 6.07) is 9.03. The number of piperidine rings is 1. The highest BCUT2D eigenvalue weighted by Gasteiger charge is 2.36. The summed E-state index contributed by atoms with van der Waals surface area (Å²) in [6.45, 7) is 3.33. The Morgan fingerprint density at radius 2 is 1.90 bits per heavy atom. The number of hydrogen-bond acceptors (Lipinski definition) is 4. The number of fused-ring (bicyclic) bond motifs is 1. The maximum absolute atomic E-state index is 14.2. The second-order valence-corrected chi connectivity index (χ2v) is 11.2. The molecule has 0 N–H and O–H groups in total. The lowest BCUT2D eigenvalue weighted by Gasteiger charge is -2.33. The fourth-order valence-corrected chi connectivity index (χ4v) is 6.22. The van der Waals surface area contributed by atoms with Crippen LogP contribution in [0, 0.1) is 5.92 Å². The molecule has 2 atom stereocenters. The lowest BCUT2D eigenvalue weighted by Crippen LogP contribution is -2.37. The Morgan fingerprint density at radius 1 is 1.08 bits per heavy atom. The largest absolute Gasteiger partial charge is 0.418 e. The van der Waals surface area contributed by atoms with Crippen LogP contribution in [0.5, 0.6) is 0 Å². The fourth-order valence-electron chi connectivity index (χ4n) is 6.22. The van der Waals surface area contributed by atoms with Crippen LogP contribution in [0.3, 0.4) is 0 Å². The SMILES string of the molecule is C[C@H]1CCCCN1Cc1cc(C(F)(F)F)c2cn(-c3cccc(C(c4nncn4C)C4CCC4)c3)c(=O)n2c1. The van der Waals surface area contributed by atoms with Gasteiger partial charge < -0.3 is 4.57 Å². The summed E-state index contributed by atoms with van der Waals surface area (Å²) in [5.74, 6) is 1.26. The van der Waals surface area contributed by atoms with Crippen molar-refractivity contribution in [3.63, 3.8) is 0 Å². The van der Waals surface area contributed by atoms with Gasteiger partial charge in [-0.3, -0.25) is 13.9 Å². The fraction of sp³-hybridized carbons (Fsp3) is 0.483. The maximum atomic E-state index is 14.2. The molecule has 1 unspecified atom stereocenters. The molecule has 2 fully saturated rings. The normalized spacial score (nSPS) is 19.9. The first-order valence-corrected chi connectivity index (χ1v) is 13.7. The summed E-state index contributed by atoms with van der Waals surface area (Å²) in [5.41, 5.74) is 0.558. The lowest BCUT2D eigenvalue weighted by molar-refractivity contribution is -0.136. The van der Waals surface area contributed by atoms with Crippen LogP contribution in [0.25, 0.3) is 11.2 Å². The third-order valence-corrected chi connectivity index (χ3v) is 8.61. The van der Waals surface area contributed by atoms with Gasteiger partial charge in [0.1, 0.15) is 12.2 Å². The van der Waals surface area contributed by atoms with E-state index in [4.69, 9.17) is 0 Å². The molecule has 1 saturated heterocycles. The van der Waals surface area contributed by atoms with E-state index >= 15 is 0 Å². The molecule has 10 heteroatoms. The molecule has 0 spiro atoms. The monoisotopic (exact) mass is 538 g/mol. The van der Waals surface area contributed by atoms with Crippen molar-refractivity contribution < 1.29 is 13.2 Å². The van der Waals surface area contributed by atoms with E-state index in [0.29, 0.717) is 29.8 Å². The highest BCUT2D eigenvalue weighted by molar-refractivity contribution is 5.58. The topological polar surface area (TPSA) is 60.4 Å². The molecule has 4 heterocycles. The van der Waals surface area contributed by atoms with Crippen molar-refractivity contribution in [3.8, 4) is 5.69 Å². The molecule has 0 amide bonds. The van der Waals surface area contributed by atoms with E-state index in [-0.39, 0.29) is 11.4 Å². The summed E-state index contributed by atoms with van der Waals surface area (Å²) >= 11 is 0. The van der Waals surface area contributed by atoms with Crippen LogP contribution in [-0.2, 0) is 19.8 Å². The average molecular weight is 539 g/mol. The lowest BCUT2D eigenvalue weighted by atomic mass is 9.72. The van der Waals surface area contributed by atoms with Crippen molar-refractivity contribution in [2.75, 3.05) is 6.54 Å². The highest BCUT2D eigenvalue weighted by atomic mass is 19.4. The number of halogens is 3. The van der Waals surface area contributed by atoms with Gasteiger partial charge in [-0.2, -0.15) is 13.2 Å². The van der Waals surface area contributed by atoms with Crippen molar-refractivity contribution in [2.45, 2.75) is 70.1 Å². The van der Waals surface area contributed by atoms with E-state index in [2.05, 4.69) is 22.0 Å². The van der Waals surface area contributed by atoms with Crippen LogP contribution in [0.1, 0.15) is 73.9 Å². The van der Waals surface area contributed by atoms with Gasteiger partial charge >= 0.3 is 11.9 Å². The van der Waals surface area contributed by atoms with Gasteiger partial charge in [-0.25, -0.2) is 4.79 Å². The molecule has 3 aromatic heterocycles. The number of aryl methyl sites for hydroxylation is 1. The third-order valence-electron chi connectivity index (χ3n) is 8.61. The van der Waals surface area contributed by atoms with Crippen molar-refractivity contribution in [1.29, 1.82) is 0 Å². The van der Waals surface area contributed by atoms with Gasteiger partial charge in [0.05, 0.1) is 16.8 Å². The van der Waals surface area contributed by atoms with Crippen LogP contribution in [0.2, 0.25) is 0 Å². The average Bonchev–Trinajstić information content (AvgIpc) is 3.44. The minimum Gasteiger partial charge on any atom is -0.320 e. The van der Waals surface area contributed by atoms with E-state index in [0.717, 1.165) is 60.9 Å². The predicted molar refractivity (Wildman–Crippen MR) is 142 cm³/mol. The number of aromatic nitrogens is 5. The molecule has 0 bridgehead atoms. The summed E-state index contributed by atoms with van der Waals surface area (Å²) in [4.78, 5) is 15.8. The van der Waals surface area contributed by atoms with Crippen LogP contribution >= 0.6 is 0 Å². The molecular formula is C29H33F3N6O. The Morgan fingerprint density at radius 3 is 2.56 bits per heavy atom. The molecule has 2 aliphatic rings. The van der Waals surface area contributed by atoms with Gasteiger partial charge in [0.15, 0.2) is 0 Å². The van der Waals surface area contributed by atoms with Gasteiger partial charge in [0.25, 0.3) is 0 Å². The molecule has 1 saturated carbocycles. The third kappa shape index (κ3) is 4.79. The first-order valence-electron chi connectivity index (χ1n) is 13.7. The number of nitrogens with zero attached hydrogens (tertiary/aromatic N) is 6. The molecule has 7 nitrogen and oxygen atoms in total. The summed E-state index contributed by atoms with van der Waals surface area (Å²) in [7, 11) is 1.91. The minimum absolute atomic E-state index is 0.00260. The summed E-state index contributed by atoms with van der Waals surface area (Å²) in [5, 5.41) is 8.43. The maximum Gasteiger partial charge on any atom is 0.418 e. The predicted octanol–water partition coefficient (Wildman–Crippen LogP) is 5.54. The van der Waals surface area contributed by atoms with Gasteiger partial charge in [-0.1, -0.05) is 25.0 Å². The number of pyridine rings is 1. The van der Waals surface area contributed by atoms with Crippen LogP contribution in [-0.4, -0.2) is 41.2 Å². The number of rotatable bonds is 6. The van der Waals surface area contributed by atoms with E-state index in [1.54, 1.807) is 18.6 Å². The minimum atomic E-state index is -4.59. The Hall–Kier alpha value is -3.40. The van der Waals surface area contributed by atoms with E-state index in [1.807, 2.05) is 29.8 Å². The number of benzene rings is 1. The Bertz CT molecular complexity index is 1550. The number of alkyl halides is 3. The zero-order valence-electron chi connectivity index (χ0n) is 22.2. The van der Waals surface area contributed by atoms with Gasteiger partial charge in [-0.15, -0.1) is 10.2 Å². The Balaban J connectivity index is 1.43. The number of hydrogen-bond donors (Lipinski definition) is 0. The smallest absolute Gasteiger partial charge is 0.320 e. The molecule has 1 aromatic carbocycles. The molecule has 1 aliphatic heterocycles. The summed E-state index contributed by atoms with van der Waals surface area (Å²) < 4.78 is 47.1. The molecule has 6 rings (SSSR count). The molecular weight excluding hydrogens is 505 g/mol. The van der Waals surface area contributed by atoms with Gasteiger partial charge in [-0.05, 0) is 74.4 Å². The Labute approximate surface area is 224 Å². The van der Waals surface area contributed by atoms with Gasteiger partial charge in [0, 0.05) is 37.9 Å². The number of likely N-dealkylation sites (tertiary alicyclic amines) is 1. The standard InChI is InChI=1S/C29H33F3N6O/c1-19-7-3-4-12-36(19)15-20-13-24(29(30,31)32)25-17-37(28(39)38(25)16-20)23-11-6-10-22(14-23)26(21-8-5-9-21)27-34-33-18-35(27)2/h6,10-11,13-14,16-19,21,26H,3-5,7-9,12,15H2,1-2H3/t19-,26?/m0/s1. The molecule has 4 aromatic rings. The molecule has 0 radical (unpaired) electrons. The second-order valence-electron chi connectivity index (χ2n) is 11.2. The zero-order chi connectivity index (χ0) is 27.3.